The molecule has 18 N–H and O–H groups in total. The third kappa shape index (κ3) is 12.0. The Bertz CT molecular complexity index is 1060. The summed E-state index contributed by atoms with van der Waals surface area (Å²) in [4.78, 5) is 27.9. The second kappa shape index (κ2) is 21.8. The second-order valence-electron chi connectivity index (χ2n) is 13.2. The number of Topliss-reactive ketones (excluding diaryl/α,β-unsaturated/α-hetero) is 2. The van der Waals surface area contributed by atoms with Crippen LogP contribution in [0, 0.1) is 0 Å². The largest absolute Gasteiger partial charge is 0.394 e. The SMILES string of the molecule is NCCCCCCN(CC(=O)[C@@H](O)[C@H](O[C@@]1(O)O[C@H](CO)[C@H](O)[C@H](O)[C@H]1O)[C@H](O)CO)CC(=O)[C@@H](O)[C@H](O[C@@]1(O)O[C@H](CO)[C@H](O)[C@H](O)[C@H]1O)[C@H](O)CO. The highest BCUT2D eigenvalue weighted by Gasteiger charge is 2.58. The first-order valence-electron chi connectivity index (χ1n) is 17.1. The minimum atomic E-state index is -3.38. The highest BCUT2D eigenvalue weighted by atomic mass is 16.9. The Morgan fingerprint density at radius 1 is 0.630 bits per heavy atom. The van der Waals surface area contributed by atoms with Gasteiger partial charge in [-0.05, 0) is 25.9 Å². The fraction of sp³-hybridized carbons (Fsp3) is 0.933. The van der Waals surface area contributed by atoms with Crippen molar-refractivity contribution in [3.8, 4) is 0 Å². The van der Waals surface area contributed by atoms with Crippen molar-refractivity contribution in [2.24, 2.45) is 5.73 Å². The molecular formula is C30H56N2O22. The van der Waals surface area contributed by atoms with Gasteiger partial charge in [0.05, 0.1) is 39.5 Å². The van der Waals surface area contributed by atoms with Crippen LogP contribution in [0.25, 0.3) is 0 Å². The molecular weight excluding hydrogens is 740 g/mol. The molecule has 2 rings (SSSR count). The molecule has 2 aliphatic rings. The quantitative estimate of drug-likeness (QED) is 0.0318. The fourth-order valence-electron chi connectivity index (χ4n) is 5.79. The van der Waals surface area contributed by atoms with E-state index in [0.717, 1.165) is 4.90 Å². The van der Waals surface area contributed by atoms with Crippen LogP contribution in [0.3, 0.4) is 0 Å². The monoisotopic (exact) mass is 796 g/mol. The normalized spacial score (nSPS) is 35.3. The molecule has 0 aromatic rings. The van der Waals surface area contributed by atoms with E-state index in [9.17, 15) is 91.3 Å². The van der Waals surface area contributed by atoms with Crippen molar-refractivity contribution in [1.29, 1.82) is 0 Å². The lowest BCUT2D eigenvalue weighted by molar-refractivity contribution is -0.464. The molecule has 0 bridgehead atoms. The van der Waals surface area contributed by atoms with Gasteiger partial charge in [0, 0.05) is 0 Å². The van der Waals surface area contributed by atoms with Crippen LogP contribution in [-0.2, 0) is 28.5 Å². The van der Waals surface area contributed by atoms with Crippen molar-refractivity contribution < 1.29 is 110 Å². The van der Waals surface area contributed by atoms with Crippen molar-refractivity contribution in [3.05, 3.63) is 0 Å². The van der Waals surface area contributed by atoms with Gasteiger partial charge in [0.15, 0.2) is 23.8 Å². The molecule has 0 saturated carbocycles. The van der Waals surface area contributed by atoms with Gasteiger partial charge < -0.3 is 106 Å². The van der Waals surface area contributed by atoms with Crippen LogP contribution < -0.4 is 5.73 Å². The molecule has 2 fully saturated rings. The molecule has 54 heavy (non-hydrogen) atoms. The molecule has 0 aromatic heterocycles. The summed E-state index contributed by atoms with van der Waals surface area (Å²) in [6.07, 6.45) is -29.0. The molecule has 24 heteroatoms. The summed E-state index contributed by atoms with van der Waals surface area (Å²) in [6, 6.07) is 0. The Labute approximate surface area is 308 Å². The van der Waals surface area contributed by atoms with Gasteiger partial charge in [0.25, 0.3) is 0 Å². The number of carbonyl (C=O) groups is 2. The lowest BCUT2D eigenvalue weighted by atomic mass is 9.97. The van der Waals surface area contributed by atoms with Gasteiger partial charge in [0.1, 0.15) is 73.2 Å². The van der Waals surface area contributed by atoms with E-state index >= 15 is 0 Å². The Kier molecular flexibility index (Phi) is 19.7. The summed E-state index contributed by atoms with van der Waals surface area (Å²) in [5.74, 6) is -9.32. The molecule has 16 atom stereocenters. The van der Waals surface area contributed by atoms with Crippen LogP contribution >= 0.6 is 0 Å². The molecule has 0 aromatic carbocycles. The highest BCUT2D eigenvalue weighted by Crippen LogP contribution is 2.33. The number of ketones is 2. The number of nitrogens with two attached hydrogens (primary N) is 1. The smallest absolute Gasteiger partial charge is 0.311 e. The molecule has 24 nitrogen and oxygen atoms in total. The van der Waals surface area contributed by atoms with Gasteiger partial charge in [-0.2, -0.15) is 0 Å². The van der Waals surface area contributed by atoms with Gasteiger partial charge in [-0.3, -0.25) is 14.5 Å². The average molecular weight is 797 g/mol. The first-order valence-corrected chi connectivity index (χ1v) is 17.1. The predicted molar refractivity (Wildman–Crippen MR) is 172 cm³/mol. The lowest BCUT2D eigenvalue weighted by Crippen LogP contribution is -2.68. The number of ether oxygens (including phenoxy) is 4. The Morgan fingerprint density at radius 3 is 1.33 bits per heavy atom. The number of hydrogen-bond acceptors (Lipinski definition) is 24. The van der Waals surface area contributed by atoms with Crippen LogP contribution in [-0.4, -0.2) is 248 Å². The number of aliphatic hydroxyl groups is 16. The molecule has 0 amide bonds. The predicted octanol–water partition coefficient (Wildman–Crippen LogP) is -10.6. The van der Waals surface area contributed by atoms with E-state index in [4.69, 9.17) is 24.7 Å². The Morgan fingerprint density at radius 2 is 1.00 bits per heavy atom. The molecule has 2 heterocycles. The first-order chi connectivity index (χ1) is 25.3. The Hall–Kier alpha value is -1.54. The van der Waals surface area contributed by atoms with E-state index in [1.807, 2.05) is 0 Å². The van der Waals surface area contributed by atoms with Crippen LogP contribution in [0.2, 0.25) is 0 Å². The van der Waals surface area contributed by atoms with E-state index in [-0.39, 0.29) is 13.0 Å². The summed E-state index contributed by atoms with van der Waals surface area (Å²) >= 11 is 0. The molecule has 2 aliphatic heterocycles. The van der Waals surface area contributed by atoms with Gasteiger partial charge >= 0.3 is 11.9 Å². The van der Waals surface area contributed by atoms with Gasteiger partial charge in [-0.15, -0.1) is 0 Å². The van der Waals surface area contributed by atoms with Crippen molar-refractivity contribution in [2.75, 3.05) is 52.6 Å². The summed E-state index contributed by atoms with van der Waals surface area (Å²) < 4.78 is 20.1. The maximum atomic E-state index is 13.4. The number of aliphatic hydroxyl groups excluding tert-OH is 14. The number of unbranched alkanes of at least 4 members (excludes halogenated alkanes) is 3. The maximum Gasteiger partial charge on any atom is 0.311 e. The van der Waals surface area contributed by atoms with Gasteiger partial charge in [-0.25, -0.2) is 0 Å². The van der Waals surface area contributed by atoms with E-state index in [1.54, 1.807) is 0 Å². The maximum absolute atomic E-state index is 13.4. The Balaban J connectivity index is 2.33. The number of carbonyl (C=O) groups excluding carboxylic acids is 2. The minimum absolute atomic E-state index is 0.119. The zero-order chi connectivity index (χ0) is 41.1. The number of hydrogen-bond donors (Lipinski definition) is 17. The van der Waals surface area contributed by atoms with Crippen LogP contribution in [0.4, 0.5) is 0 Å². The first kappa shape index (κ1) is 48.6. The van der Waals surface area contributed by atoms with E-state index in [0.29, 0.717) is 25.8 Å². The summed E-state index contributed by atoms with van der Waals surface area (Å²) in [5, 5.41) is 163. The van der Waals surface area contributed by atoms with E-state index in [1.165, 1.54) is 0 Å². The topological polar surface area (TPSA) is 424 Å². The minimum Gasteiger partial charge on any atom is -0.394 e. The third-order valence-corrected chi connectivity index (χ3v) is 9.07. The fourth-order valence-corrected chi connectivity index (χ4v) is 5.79. The van der Waals surface area contributed by atoms with E-state index in [2.05, 4.69) is 0 Å². The zero-order valence-corrected chi connectivity index (χ0v) is 29.2. The zero-order valence-electron chi connectivity index (χ0n) is 29.2. The molecule has 0 aliphatic carbocycles. The van der Waals surface area contributed by atoms with Crippen LogP contribution in [0.15, 0.2) is 0 Å². The highest BCUT2D eigenvalue weighted by molar-refractivity contribution is 5.88. The summed E-state index contributed by atoms with van der Waals surface area (Å²) in [5.41, 5.74) is 5.51. The van der Waals surface area contributed by atoms with Crippen molar-refractivity contribution in [2.45, 2.75) is 123 Å². The summed E-state index contributed by atoms with van der Waals surface area (Å²) in [6.45, 7) is -6.08. The lowest BCUT2D eigenvalue weighted by Gasteiger charge is -2.46. The number of rotatable bonds is 24. The molecule has 318 valence electrons. The molecule has 2 saturated heterocycles. The van der Waals surface area contributed by atoms with Crippen LogP contribution in [0.1, 0.15) is 25.7 Å². The van der Waals surface area contributed by atoms with E-state index < -0.39 is 148 Å². The van der Waals surface area contributed by atoms with Crippen molar-refractivity contribution >= 4 is 11.6 Å². The molecule has 0 radical (unpaired) electrons. The van der Waals surface area contributed by atoms with Crippen molar-refractivity contribution in [3.63, 3.8) is 0 Å². The average Bonchev–Trinajstić information content (AvgIpc) is 3.15. The standard InChI is InChI=1S/C30H56N2O22/c31-5-3-1-2-4-6-32(7-13(37)19(41)25(15(39)9-33)53-29(49)27(47)23(45)21(43)17(11-35)51-29)8-14(38)20(42)26(16(40)10-34)54-30(50)28(48)24(46)22(44)18(12-36)52-30/h15-28,33-36,39-50H,1-12,31H2/t15-,16-,17-,18-,19-,20-,21+,22+,23+,24+,25-,26-,27-,28-,29+,30+/m1/s1. The number of nitrogens with zero attached hydrogens (tertiary/aromatic N) is 1. The molecule has 0 unspecified atom stereocenters. The van der Waals surface area contributed by atoms with Gasteiger partial charge in [-0.1, -0.05) is 12.8 Å². The van der Waals surface area contributed by atoms with Crippen molar-refractivity contribution in [1.82, 2.24) is 4.90 Å². The summed E-state index contributed by atoms with van der Waals surface area (Å²) in [7, 11) is 0. The second-order valence-corrected chi connectivity index (χ2v) is 13.2. The molecule has 0 spiro atoms. The third-order valence-electron chi connectivity index (χ3n) is 9.07. The van der Waals surface area contributed by atoms with Gasteiger partial charge in [0.2, 0.25) is 0 Å². The van der Waals surface area contributed by atoms with Crippen LogP contribution in [0.5, 0.6) is 0 Å².